The van der Waals surface area contributed by atoms with Gasteiger partial charge in [0, 0.05) is 0 Å². The second-order valence-corrected chi connectivity index (χ2v) is 38.0. The van der Waals surface area contributed by atoms with Crippen molar-refractivity contribution in [3.05, 3.63) is 121 Å². The molecule has 0 amide bonds. The van der Waals surface area contributed by atoms with Crippen molar-refractivity contribution in [2.75, 3.05) is 0 Å². The van der Waals surface area contributed by atoms with Gasteiger partial charge in [0.2, 0.25) is 0 Å². The first-order valence-corrected chi connectivity index (χ1v) is 28.6. The van der Waals surface area contributed by atoms with E-state index in [-0.39, 0.29) is 0 Å². The van der Waals surface area contributed by atoms with Crippen LogP contribution in [0.4, 0.5) is 0 Å². The topological polar surface area (TPSA) is 0 Å². The molecule has 0 aromatic heterocycles. The molecule has 0 atom stereocenters. The van der Waals surface area contributed by atoms with E-state index in [4.69, 9.17) is 69.5 Å². The molecule has 0 saturated heterocycles. The fourth-order valence-electron chi connectivity index (χ4n) is 3.75. The molecule has 0 aliphatic heterocycles. The van der Waals surface area contributed by atoms with Crippen LogP contribution in [0.5, 0.6) is 0 Å². The zero-order valence-electron chi connectivity index (χ0n) is 17.7. The summed E-state index contributed by atoms with van der Waals surface area (Å²) in [5.74, 6) is 0. The first kappa shape index (κ1) is 31.0. The van der Waals surface area contributed by atoms with Gasteiger partial charge in [-0.05, 0) is 0 Å². The van der Waals surface area contributed by atoms with Gasteiger partial charge in [-0.2, -0.15) is 0 Å². The van der Waals surface area contributed by atoms with E-state index in [1.807, 2.05) is 0 Å². The van der Waals surface area contributed by atoms with Crippen LogP contribution in [0, 0.1) is 0 Å². The van der Waals surface area contributed by atoms with Crippen LogP contribution in [-0.2, 0) is 10.2 Å². The van der Waals surface area contributed by atoms with Gasteiger partial charge in [-0.3, -0.25) is 0 Å². The minimum atomic E-state index is -3.31. The van der Waals surface area contributed by atoms with E-state index in [1.165, 1.54) is 14.3 Å². The van der Waals surface area contributed by atoms with Crippen LogP contribution >= 0.6 is 69.5 Å². The Balaban J connectivity index is 0.000000391. The summed E-state index contributed by atoms with van der Waals surface area (Å²) in [4.78, 5) is 0. The Morgan fingerprint density at radius 3 is 0.706 bits per heavy atom. The van der Waals surface area contributed by atoms with Gasteiger partial charge in [-0.15, -0.1) is 0 Å². The first-order chi connectivity index (χ1) is 16.2. The fourth-order valence-corrected chi connectivity index (χ4v) is 17.4. The van der Waals surface area contributed by atoms with E-state index in [0.717, 1.165) is 0 Å². The van der Waals surface area contributed by atoms with Crippen LogP contribution in [0.1, 0.15) is 0 Å². The number of hydrogen-bond donors (Lipinski definition) is 0. The van der Waals surface area contributed by atoms with Crippen molar-refractivity contribution in [1.82, 2.24) is 0 Å². The van der Waals surface area contributed by atoms with E-state index < -0.39 is 40.0 Å². The summed E-state index contributed by atoms with van der Waals surface area (Å²) in [7, 11) is 31.8. The molecule has 10 heteroatoms. The second-order valence-electron chi connectivity index (χ2n) is 6.84. The molecule has 177 valence electrons. The third kappa shape index (κ3) is 10.3. The summed E-state index contributed by atoms with van der Waals surface area (Å²) < 4.78 is 5.95. The number of benzene rings is 4. The summed E-state index contributed by atoms with van der Waals surface area (Å²) in [6.07, 6.45) is 0. The van der Waals surface area contributed by atoms with Gasteiger partial charge < -0.3 is 0 Å². The molecule has 0 spiro atoms. The van der Waals surface area contributed by atoms with Crippen LogP contribution < -0.4 is 14.3 Å². The zero-order chi connectivity index (χ0) is 25.0. The third-order valence-electron chi connectivity index (χ3n) is 4.83. The van der Waals surface area contributed by atoms with Crippen LogP contribution in [-0.4, -0.2) is 29.8 Å². The quantitative estimate of drug-likeness (QED) is 0.190. The van der Waals surface area contributed by atoms with Crippen LogP contribution in [0.3, 0.4) is 0 Å². The van der Waals surface area contributed by atoms with Gasteiger partial charge >= 0.3 is 215 Å². The molecule has 34 heavy (non-hydrogen) atoms. The Kier molecular flexibility index (Phi) is 14.6. The van der Waals surface area contributed by atoms with Crippen molar-refractivity contribution in [2.24, 2.45) is 0 Å². The summed E-state index contributed by atoms with van der Waals surface area (Å²) in [6.45, 7) is 0. The number of rotatable bonds is 4. The summed E-state index contributed by atoms with van der Waals surface area (Å²) >= 11 is -5.03. The summed E-state index contributed by atoms with van der Waals surface area (Å²) in [6, 6.07) is 44.4. The molecular formula is C24H20AlCl7SnV. The van der Waals surface area contributed by atoms with E-state index >= 15 is 0 Å². The molecule has 0 aliphatic rings. The van der Waals surface area contributed by atoms with Crippen molar-refractivity contribution in [3.63, 3.8) is 0 Å². The van der Waals surface area contributed by atoms with Crippen molar-refractivity contribution >= 4 is 114 Å². The predicted octanol–water partition coefficient (Wildman–Crippen LogP) is 7.51. The van der Waals surface area contributed by atoms with Gasteiger partial charge in [0.05, 0.1) is 0 Å². The van der Waals surface area contributed by atoms with Gasteiger partial charge in [-0.25, -0.2) is 30.1 Å². The average Bonchev–Trinajstić information content (AvgIpc) is 2.81. The average molecular weight is 753 g/mol. The molecule has 0 N–H and O–H groups in total. The van der Waals surface area contributed by atoms with Crippen molar-refractivity contribution < 1.29 is 10.2 Å². The van der Waals surface area contributed by atoms with Crippen molar-refractivity contribution in [1.29, 1.82) is 0 Å². The van der Waals surface area contributed by atoms with Gasteiger partial charge in [0.25, 0.3) is 0 Å². The predicted molar refractivity (Wildman–Crippen MR) is 157 cm³/mol. The molecule has 0 fully saturated rings. The molecule has 0 bridgehead atoms. The van der Waals surface area contributed by atoms with Gasteiger partial charge in [-0.1, -0.05) is 0 Å². The molecule has 0 aliphatic carbocycles. The van der Waals surface area contributed by atoms with E-state index in [9.17, 15) is 0 Å². The summed E-state index contributed by atoms with van der Waals surface area (Å²) in [5, 5.41) is 0. The minimum absolute atomic E-state index is 1.49. The molecule has 0 radical (unpaired) electrons. The normalized spacial score (nSPS) is 10.8. The van der Waals surface area contributed by atoms with E-state index in [1.54, 1.807) is 0 Å². The van der Waals surface area contributed by atoms with Crippen LogP contribution in [0.2, 0.25) is 0 Å². The molecule has 0 nitrogen and oxygen atoms in total. The van der Waals surface area contributed by atoms with Gasteiger partial charge in [0.15, 0.2) is 0 Å². The van der Waals surface area contributed by atoms with Crippen molar-refractivity contribution in [3.8, 4) is 0 Å². The Labute approximate surface area is 242 Å². The monoisotopic (exact) mass is 751 g/mol. The third-order valence-corrected chi connectivity index (χ3v) is 18.5. The zero-order valence-corrected chi connectivity index (χ0v) is 28.4. The molecule has 0 unspecified atom stereocenters. The first-order valence-electron chi connectivity index (χ1n) is 9.97. The Morgan fingerprint density at radius 1 is 0.412 bits per heavy atom. The number of hydrogen-bond acceptors (Lipinski definition) is 0. The van der Waals surface area contributed by atoms with Crippen molar-refractivity contribution in [2.45, 2.75) is 0 Å². The maximum atomic E-state index is 5.00. The van der Waals surface area contributed by atoms with Crippen LogP contribution in [0.25, 0.3) is 0 Å². The molecule has 0 heterocycles. The maximum absolute atomic E-state index is 5.00. The fraction of sp³-hybridized carbons (Fsp3) is 0. The Bertz CT molecular complexity index is 912. The Hall–Kier alpha value is 0.826. The molecule has 4 aromatic carbocycles. The molecule has 4 rings (SSSR count). The Morgan fingerprint density at radius 2 is 0.559 bits per heavy atom. The second kappa shape index (κ2) is 15.9. The van der Waals surface area contributed by atoms with E-state index in [2.05, 4.69) is 121 Å². The molecule has 4 aromatic rings. The number of halogens is 7. The SMILES string of the molecule is [Cl][Al]([Cl])[Cl].[Cl][V]([Cl])([Cl])[Cl].c1cc[c]([Sn]([c]2ccccc2)([c]2ccccc2)[c]2ccccc2)cc1. The van der Waals surface area contributed by atoms with E-state index in [0.29, 0.717) is 0 Å². The molecule has 0 saturated carbocycles. The standard InChI is InChI=1S/4C6H5.Al.7ClH.Sn.V/c4*1-2-4-6-5-3-1;;;;;;;;;;/h4*1-5H;;7*1H;;/q;;;;+3;;;;;;;;;+4/p-7. The van der Waals surface area contributed by atoms with Crippen LogP contribution in [0.15, 0.2) is 121 Å². The molecular weight excluding hydrogens is 733 g/mol. The van der Waals surface area contributed by atoms with Gasteiger partial charge in [0.1, 0.15) is 0 Å². The summed E-state index contributed by atoms with van der Waals surface area (Å²) in [5.41, 5.74) is 0.